The fourth-order valence-corrected chi connectivity index (χ4v) is 3.92. The molecule has 4 nitrogen and oxygen atoms in total. The molecule has 2 aromatic rings. The molecule has 0 bridgehead atoms. The normalized spacial score (nSPS) is 11.4. The maximum Gasteiger partial charge on any atom is 0.263 e. The maximum atomic E-state index is 13.3. The average molecular weight is 398 g/mol. The second-order valence-electron chi connectivity index (χ2n) is 4.03. The molecule has 9 heteroatoms. The summed E-state index contributed by atoms with van der Waals surface area (Å²) in [6.07, 6.45) is 0. The summed E-state index contributed by atoms with van der Waals surface area (Å²) in [6.45, 7) is 0. The van der Waals surface area contributed by atoms with Crippen LogP contribution in [0.2, 0.25) is 5.02 Å². The molecule has 3 N–H and O–H groups in total. The predicted molar refractivity (Wildman–Crippen MR) is 80.7 cm³/mol. The van der Waals surface area contributed by atoms with Crippen molar-refractivity contribution in [3.8, 4) is 0 Å². The lowest BCUT2D eigenvalue weighted by atomic mass is 10.3. The third-order valence-electron chi connectivity index (χ3n) is 2.52. The first-order chi connectivity index (χ1) is 9.70. The summed E-state index contributed by atoms with van der Waals surface area (Å²) >= 11 is 8.71. The van der Waals surface area contributed by atoms with Gasteiger partial charge in [-0.2, -0.15) is 0 Å². The lowest BCUT2D eigenvalue weighted by Crippen LogP contribution is -2.14. The lowest BCUT2D eigenvalue weighted by molar-refractivity contribution is 0.599. The van der Waals surface area contributed by atoms with E-state index in [9.17, 15) is 17.2 Å². The van der Waals surface area contributed by atoms with Crippen LogP contribution in [-0.2, 0) is 10.0 Å². The van der Waals surface area contributed by atoms with Gasteiger partial charge in [0, 0.05) is 4.47 Å². The zero-order valence-electron chi connectivity index (χ0n) is 10.2. The van der Waals surface area contributed by atoms with Gasteiger partial charge in [0.05, 0.1) is 16.4 Å². The Hall–Kier alpha value is -1.38. The molecule has 0 aliphatic carbocycles. The summed E-state index contributed by atoms with van der Waals surface area (Å²) < 4.78 is 52.9. The van der Waals surface area contributed by atoms with Gasteiger partial charge in [0.1, 0.15) is 16.5 Å². The summed E-state index contributed by atoms with van der Waals surface area (Å²) in [6, 6.07) is 5.11. The molecule has 0 heterocycles. The molecule has 0 saturated heterocycles. The largest absolute Gasteiger partial charge is 0.396 e. The Morgan fingerprint density at radius 3 is 2.48 bits per heavy atom. The van der Waals surface area contributed by atoms with Crippen molar-refractivity contribution in [2.24, 2.45) is 0 Å². The third-order valence-corrected chi connectivity index (χ3v) is 5.15. The zero-order valence-corrected chi connectivity index (χ0v) is 13.4. The minimum absolute atomic E-state index is 0.0000610. The van der Waals surface area contributed by atoms with Gasteiger partial charge in [0.2, 0.25) is 0 Å². The number of nitrogen functional groups attached to an aromatic ring is 1. The van der Waals surface area contributed by atoms with Gasteiger partial charge in [0.15, 0.2) is 0 Å². The van der Waals surface area contributed by atoms with Crippen molar-refractivity contribution in [2.45, 2.75) is 4.90 Å². The van der Waals surface area contributed by atoms with E-state index in [1.165, 1.54) is 6.07 Å². The van der Waals surface area contributed by atoms with E-state index in [1.54, 1.807) is 0 Å². The highest BCUT2D eigenvalue weighted by Crippen LogP contribution is 2.30. The molecular formula is C12H8BrClF2N2O2S. The smallest absolute Gasteiger partial charge is 0.263 e. The zero-order chi connectivity index (χ0) is 15.8. The first-order valence-corrected chi connectivity index (χ1v) is 8.08. The van der Waals surface area contributed by atoms with Gasteiger partial charge in [-0.15, -0.1) is 0 Å². The molecule has 0 fully saturated rings. The van der Waals surface area contributed by atoms with Gasteiger partial charge >= 0.3 is 0 Å². The first kappa shape index (κ1) is 16.0. The average Bonchev–Trinajstić information content (AvgIpc) is 2.37. The highest BCUT2D eigenvalue weighted by atomic mass is 79.9. The van der Waals surface area contributed by atoms with Gasteiger partial charge in [-0.3, -0.25) is 4.72 Å². The Kier molecular flexibility index (Phi) is 4.40. The van der Waals surface area contributed by atoms with E-state index in [0.717, 1.165) is 24.3 Å². The maximum absolute atomic E-state index is 13.3. The van der Waals surface area contributed by atoms with E-state index in [0.29, 0.717) is 0 Å². The van der Waals surface area contributed by atoms with Gasteiger partial charge in [-0.05, 0) is 46.3 Å². The Morgan fingerprint density at radius 2 is 1.86 bits per heavy atom. The number of benzene rings is 2. The summed E-state index contributed by atoms with van der Waals surface area (Å²) in [5.74, 6) is -1.35. The van der Waals surface area contributed by atoms with E-state index in [2.05, 4.69) is 20.7 Å². The molecule has 21 heavy (non-hydrogen) atoms. The Balaban J connectivity index is 2.46. The van der Waals surface area contributed by atoms with Crippen LogP contribution >= 0.6 is 27.5 Å². The minimum atomic E-state index is -4.07. The van der Waals surface area contributed by atoms with Gasteiger partial charge in [-0.25, -0.2) is 17.2 Å². The molecule has 0 aliphatic rings. The van der Waals surface area contributed by atoms with Crippen LogP contribution < -0.4 is 10.5 Å². The predicted octanol–water partition coefficient (Wildman–Crippen LogP) is 3.76. The van der Waals surface area contributed by atoms with Crippen LogP contribution in [0.15, 0.2) is 39.7 Å². The van der Waals surface area contributed by atoms with Crippen molar-refractivity contribution in [3.63, 3.8) is 0 Å². The summed E-state index contributed by atoms with van der Waals surface area (Å²) in [4.78, 5) is -0.262. The number of nitrogens with two attached hydrogens (primary N) is 1. The lowest BCUT2D eigenvalue weighted by Gasteiger charge is -2.12. The van der Waals surface area contributed by atoms with Crippen LogP contribution in [0.3, 0.4) is 0 Å². The van der Waals surface area contributed by atoms with Crippen molar-refractivity contribution in [2.75, 3.05) is 10.5 Å². The molecule has 112 valence electrons. The number of sulfonamides is 1. The van der Waals surface area contributed by atoms with Crippen molar-refractivity contribution in [1.29, 1.82) is 0 Å². The number of anilines is 2. The second-order valence-corrected chi connectivity index (χ2v) is 6.95. The molecule has 0 atom stereocenters. The summed E-state index contributed by atoms with van der Waals surface area (Å²) in [5.41, 5.74) is 5.04. The molecule has 2 rings (SSSR count). The molecular weight excluding hydrogens is 390 g/mol. The summed E-state index contributed by atoms with van der Waals surface area (Å²) in [5, 5.41) is -0.107. The molecule has 2 aromatic carbocycles. The fraction of sp³-hybridized carbons (Fsp3) is 0. The molecule has 0 unspecified atom stereocenters. The quantitative estimate of drug-likeness (QED) is 0.775. The molecule has 0 amide bonds. The highest BCUT2D eigenvalue weighted by Gasteiger charge is 2.21. The highest BCUT2D eigenvalue weighted by molar-refractivity contribution is 9.10. The van der Waals surface area contributed by atoms with Crippen molar-refractivity contribution >= 4 is 48.9 Å². The standard InChI is InChI=1S/C12H8BrClF2N2O2S/c13-7-4-9(16)10(17)5-12(7)21(19,20)18-11-2-1-6(15)3-8(11)14/h1-5,18H,17H2. The second kappa shape index (κ2) is 5.78. The number of rotatable bonds is 3. The first-order valence-electron chi connectivity index (χ1n) is 5.43. The van der Waals surface area contributed by atoms with Crippen molar-refractivity contribution in [3.05, 3.63) is 51.5 Å². The van der Waals surface area contributed by atoms with Crippen molar-refractivity contribution < 1.29 is 17.2 Å². The van der Waals surface area contributed by atoms with E-state index < -0.39 is 21.7 Å². The SMILES string of the molecule is Nc1cc(S(=O)(=O)Nc2ccc(F)cc2Cl)c(Br)cc1F. The van der Waals surface area contributed by atoms with Gasteiger partial charge in [0.25, 0.3) is 10.0 Å². The summed E-state index contributed by atoms with van der Waals surface area (Å²) in [7, 11) is -4.07. The molecule has 0 spiro atoms. The van der Waals surface area contributed by atoms with Crippen LogP contribution in [-0.4, -0.2) is 8.42 Å². The van der Waals surface area contributed by atoms with Crippen LogP contribution in [0, 0.1) is 11.6 Å². The molecule has 0 saturated carbocycles. The van der Waals surface area contributed by atoms with E-state index in [1.807, 2.05) is 0 Å². The van der Waals surface area contributed by atoms with Crippen LogP contribution in [0.1, 0.15) is 0 Å². The van der Waals surface area contributed by atoms with Crippen LogP contribution in [0.5, 0.6) is 0 Å². The number of hydrogen-bond acceptors (Lipinski definition) is 3. The fourth-order valence-electron chi connectivity index (χ4n) is 1.52. The minimum Gasteiger partial charge on any atom is -0.396 e. The number of halogens is 4. The van der Waals surface area contributed by atoms with Crippen LogP contribution in [0.25, 0.3) is 0 Å². The van der Waals surface area contributed by atoms with Gasteiger partial charge in [-0.1, -0.05) is 11.6 Å². The van der Waals surface area contributed by atoms with E-state index >= 15 is 0 Å². The molecule has 0 aliphatic heterocycles. The number of hydrogen-bond donors (Lipinski definition) is 2. The monoisotopic (exact) mass is 396 g/mol. The van der Waals surface area contributed by atoms with Gasteiger partial charge < -0.3 is 5.73 Å². The van der Waals surface area contributed by atoms with E-state index in [-0.39, 0.29) is 25.8 Å². The third kappa shape index (κ3) is 3.45. The van der Waals surface area contributed by atoms with Crippen LogP contribution in [0.4, 0.5) is 20.2 Å². The Morgan fingerprint density at radius 1 is 1.19 bits per heavy atom. The Bertz CT molecular complexity index is 815. The van der Waals surface area contributed by atoms with E-state index in [4.69, 9.17) is 17.3 Å². The molecule has 0 radical (unpaired) electrons. The number of nitrogens with one attached hydrogen (secondary N) is 1. The Labute approximate surface area is 133 Å². The topological polar surface area (TPSA) is 72.2 Å². The molecule has 0 aromatic heterocycles. The van der Waals surface area contributed by atoms with Crippen molar-refractivity contribution in [1.82, 2.24) is 0 Å².